The van der Waals surface area contributed by atoms with Gasteiger partial charge in [-0.2, -0.15) is 0 Å². The maximum absolute atomic E-state index is 13.1. The summed E-state index contributed by atoms with van der Waals surface area (Å²) >= 11 is 6.41. The molecule has 2 rings (SSSR count). The number of alkyl halides is 1. The summed E-state index contributed by atoms with van der Waals surface area (Å²) in [6.45, 7) is 1.79. The van der Waals surface area contributed by atoms with Crippen LogP contribution in [-0.4, -0.2) is 0 Å². The highest BCUT2D eigenvalue weighted by molar-refractivity contribution is 6.21. The predicted molar refractivity (Wildman–Crippen MR) is 61.7 cm³/mol. The van der Waals surface area contributed by atoms with Gasteiger partial charge in [0, 0.05) is 0 Å². The maximum Gasteiger partial charge on any atom is 0.126 e. The van der Waals surface area contributed by atoms with Crippen LogP contribution >= 0.6 is 11.6 Å². The number of benzene rings is 1. The van der Waals surface area contributed by atoms with E-state index in [2.05, 4.69) is 0 Å². The van der Waals surface area contributed by atoms with Crippen LogP contribution in [0.1, 0.15) is 42.2 Å². The minimum absolute atomic E-state index is 0.0619. The van der Waals surface area contributed by atoms with Crippen molar-refractivity contribution in [1.82, 2.24) is 0 Å². The highest BCUT2D eigenvalue weighted by Gasteiger charge is 2.24. The zero-order chi connectivity index (χ0) is 10.8. The van der Waals surface area contributed by atoms with Crippen LogP contribution in [0.5, 0.6) is 0 Å². The summed E-state index contributed by atoms with van der Waals surface area (Å²) in [6.07, 6.45) is 5.00. The molecule has 0 aromatic heterocycles. The van der Waals surface area contributed by atoms with Crippen LogP contribution in [0.4, 0.5) is 4.39 Å². The molecule has 1 fully saturated rings. The lowest BCUT2D eigenvalue weighted by Gasteiger charge is -2.17. The van der Waals surface area contributed by atoms with E-state index in [1.165, 1.54) is 31.7 Å². The van der Waals surface area contributed by atoms with E-state index in [1.807, 2.05) is 12.1 Å². The summed E-state index contributed by atoms with van der Waals surface area (Å²) < 4.78 is 13.1. The molecular formula is C13H16ClF. The zero-order valence-electron chi connectivity index (χ0n) is 8.97. The van der Waals surface area contributed by atoms with Gasteiger partial charge in [0.15, 0.2) is 0 Å². The lowest BCUT2D eigenvalue weighted by molar-refractivity contribution is 0.527. The fraction of sp³-hybridized carbons (Fsp3) is 0.538. The van der Waals surface area contributed by atoms with Crippen molar-refractivity contribution in [3.05, 3.63) is 35.1 Å². The predicted octanol–water partition coefficient (Wildman–Crippen LogP) is 4.60. The summed E-state index contributed by atoms with van der Waals surface area (Å²) in [7, 11) is 0. The van der Waals surface area contributed by atoms with Gasteiger partial charge in [-0.25, -0.2) is 4.39 Å². The number of aryl methyl sites for hydroxylation is 1. The highest BCUT2D eigenvalue weighted by Crippen LogP contribution is 2.40. The monoisotopic (exact) mass is 226 g/mol. The Morgan fingerprint density at radius 2 is 2.00 bits per heavy atom. The Morgan fingerprint density at radius 3 is 2.60 bits per heavy atom. The summed E-state index contributed by atoms with van der Waals surface area (Å²) in [4.78, 5) is 0. The van der Waals surface area contributed by atoms with E-state index in [0.29, 0.717) is 11.5 Å². The van der Waals surface area contributed by atoms with E-state index in [0.717, 1.165) is 5.56 Å². The summed E-state index contributed by atoms with van der Waals surface area (Å²) in [5.74, 6) is 0.436. The molecule has 0 bridgehead atoms. The van der Waals surface area contributed by atoms with Crippen LogP contribution in [0, 0.1) is 18.7 Å². The van der Waals surface area contributed by atoms with Crippen molar-refractivity contribution in [2.75, 3.05) is 0 Å². The number of rotatable bonds is 2. The molecule has 0 radical (unpaired) electrons. The van der Waals surface area contributed by atoms with Gasteiger partial charge in [0.2, 0.25) is 0 Å². The Bertz CT molecular complexity index is 342. The molecule has 82 valence electrons. The minimum atomic E-state index is -0.144. The molecular weight excluding hydrogens is 211 g/mol. The molecule has 1 aliphatic carbocycles. The smallest absolute Gasteiger partial charge is 0.126 e. The average Bonchev–Trinajstić information content (AvgIpc) is 2.74. The first kappa shape index (κ1) is 10.9. The Balaban J connectivity index is 2.17. The standard InChI is InChI=1S/C13H16ClF/c1-9-8-11(6-7-12(9)15)13(14)10-4-2-3-5-10/h6-8,10,13H,2-5H2,1H3. The van der Waals surface area contributed by atoms with Gasteiger partial charge in [0.25, 0.3) is 0 Å². The average molecular weight is 227 g/mol. The molecule has 0 saturated heterocycles. The van der Waals surface area contributed by atoms with Crippen molar-refractivity contribution >= 4 is 11.6 Å². The van der Waals surface area contributed by atoms with Gasteiger partial charge in [-0.05, 0) is 42.9 Å². The van der Waals surface area contributed by atoms with E-state index >= 15 is 0 Å². The van der Waals surface area contributed by atoms with Gasteiger partial charge in [0.05, 0.1) is 5.38 Å². The SMILES string of the molecule is Cc1cc(C(Cl)C2CCCC2)ccc1F. The van der Waals surface area contributed by atoms with Crippen molar-refractivity contribution in [3.8, 4) is 0 Å². The zero-order valence-corrected chi connectivity index (χ0v) is 9.73. The Labute approximate surface area is 95.4 Å². The Hall–Kier alpha value is -0.560. The molecule has 1 saturated carbocycles. The van der Waals surface area contributed by atoms with Crippen molar-refractivity contribution in [2.45, 2.75) is 38.0 Å². The molecule has 1 aliphatic rings. The second-order valence-corrected chi connectivity index (χ2v) is 4.93. The third kappa shape index (κ3) is 2.34. The highest BCUT2D eigenvalue weighted by atomic mass is 35.5. The fourth-order valence-corrected chi connectivity index (χ4v) is 2.75. The van der Waals surface area contributed by atoms with Crippen LogP contribution in [-0.2, 0) is 0 Å². The van der Waals surface area contributed by atoms with Crippen molar-refractivity contribution in [2.24, 2.45) is 5.92 Å². The van der Waals surface area contributed by atoms with Gasteiger partial charge >= 0.3 is 0 Å². The van der Waals surface area contributed by atoms with E-state index in [4.69, 9.17) is 11.6 Å². The molecule has 0 spiro atoms. The molecule has 15 heavy (non-hydrogen) atoms. The van der Waals surface area contributed by atoms with E-state index < -0.39 is 0 Å². The van der Waals surface area contributed by atoms with Crippen molar-refractivity contribution < 1.29 is 4.39 Å². The third-order valence-electron chi connectivity index (χ3n) is 3.31. The van der Waals surface area contributed by atoms with Crippen LogP contribution in [0.3, 0.4) is 0 Å². The molecule has 0 amide bonds. The minimum Gasteiger partial charge on any atom is -0.207 e. The van der Waals surface area contributed by atoms with E-state index in [-0.39, 0.29) is 11.2 Å². The molecule has 1 aromatic carbocycles. The summed E-state index contributed by atoms with van der Waals surface area (Å²) in [5.41, 5.74) is 1.76. The normalized spacial score (nSPS) is 19.4. The van der Waals surface area contributed by atoms with Gasteiger partial charge in [0.1, 0.15) is 5.82 Å². The molecule has 1 unspecified atom stereocenters. The lowest BCUT2D eigenvalue weighted by Crippen LogP contribution is -2.03. The maximum atomic E-state index is 13.1. The third-order valence-corrected chi connectivity index (χ3v) is 3.92. The lowest BCUT2D eigenvalue weighted by atomic mass is 9.96. The Morgan fingerprint density at radius 1 is 1.33 bits per heavy atom. The summed E-state index contributed by atoms with van der Waals surface area (Å²) in [6, 6.07) is 5.22. The van der Waals surface area contributed by atoms with Crippen LogP contribution in [0.15, 0.2) is 18.2 Å². The molecule has 0 aliphatic heterocycles. The quantitative estimate of drug-likeness (QED) is 0.647. The molecule has 2 heteroatoms. The number of hydrogen-bond donors (Lipinski definition) is 0. The van der Waals surface area contributed by atoms with Gasteiger partial charge in [-0.3, -0.25) is 0 Å². The second-order valence-electron chi connectivity index (χ2n) is 4.45. The first-order chi connectivity index (χ1) is 7.18. The Kier molecular flexibility index (Phi) is 3.30. The topological polar surface area (TPSA) is 0 Å². The molecule has 0 nitrogen and oxygen atoms in total. The van der Waals surface area contributed by atoms with Crippen LogP contribution in [0.2, 0.25) is 0 Å². The van der Waals surface area contributed by atoms with E-state index in [1.54, 1.807) is 6.92 Å². The van der Waals surface area contributed by atoms with Gasteiger partial charge < -0.3 is 0 Å². The first-order valence-electron chi connectivity index (χ1n) is 5.58. The van der Waals surface area contributed by atoms with Gasteiger partial charge in [-0.1, -0.05) is 25.0 Å². The molecule has 1 aromatic rings. The number of hydrogen-bond acceptors (Lipinski definition) is 0. The molecule has 0 N–H and O–H groups in total. The fourth-order valence-electron chi connectivity index (χ4n) is 2.36. The molecule has 0 heterocycles. The summed E-state index contributed by atoms with van der Waals surface area (Å²) in [5, 5.41) is 0.0619. The number of halogens is 2. The van der Waals surface area contributed by atoms with Gasteiger partial charge in [-0.15, -0.1) is 11.6 Å². The largest absolute Gasteiger partial charge is 0.207 e. The van der Waals surface area contributed by atoms with E-state index in [9.17, 15) is 4.39 Å². The van der Waals surface area contributed by atoms with Crippen LogP contribution in [0.25, 0.3) is 0 Å². The second kappa shape index (κ2) is 4.52. The molecule has 1 atom stereocenters. The first-order valence-corrected chi connectivity index (χ1v) is 6.02. The van der Waals surface area contributed by atoms with Crippen LogP contribution < -0.4 is 0 Å². The van der Waals surface area contributed by atoms with Crippen molar-refractivity contribution in [3.63, 3.8) is 0 Å². The van der Waals surface area contributed by atoms with Crippen molar-refractivity contribution in [1.29, 1.82) is 0 Å².